The van der Waals surface area contributed by atoms with Crippen molar-refractivity contribution in [3.63, 3.8) is 0 Å². The minimum atomic E-state index is -4.62. The molecule has 0 atom stereocenters. The molecule has 28 heavy (non-hydrogen) atoms. The Morgan fingerprint density at radius 3 is 2.39 bits per heavy atom. The molecule has 0 radical (unpaired) electrons. The number of nitrogens with one attached hydrogen (secondary N) is 1. The van der Waals surface area contributed by atoms with Crippen molar-refractivity contribution >= 4 is 21.8 Å². The number of hydrogen-bond acceptors (Lipinski definition) is 3. The molecule has 3 rings (SSSR count). The van der Waals surface area contributed by atoms with E-state index < -0.39 is 17.8 Å². The lowest BCUT2D eigenvalue weighted by atomic mass is 10.2. The lowest BCUT2D eigenvalue weighted by molar-refractivity contribution is -0.144. The Hall–Kier alpha value is -2.62. The van der Waals surface area contributed by atoms with E-state index in [0.717, 1.165) is 29.7 Å². The summed E-state index contributed by atoms with van der Waals surface area (Å²) in [6.07, 6.45) is -4.62. The summed E-state index contributed by atoms with van der Waals surface area (Å²) in [7, 11) is 1.14. The van der Waals surface area contributed by atoms with Crippen LogP contribution >= 0.6 is 15.9 Å². The Kier molecular flexibility index (Phi) is 5.33. The molecule has 0 saturated carbocycles. The number of carbonyl (C=O) groups is 1. The van der Waals surface area contributed by atoms with Gasteiger partial charge in [-0.05, 0) is 41.9 Å². The van der Waals surface area contributed by atoms with Gasteiger partial charge in [-0.25, -0.2) is 4.68 Å². The quantitative estimate of drug-likeness (QED) is 0.647. The van der Waals surface area contributed by atoms with Crippen LogP contribution in [0.4, 0.5) is 13.2 Å². The van der Waals surface area contributed by atoms with Crippen molar-refractivity contribution in [2.75, 3.05) is 0 Å². The molecule has 1 aromatic carbocycles. The number of amides is 1. The first kappa shape index (κ1) is 20.1. The van der Waals surface area contributed by atoms with Gasteiger partial charge >= 0.3 is 6.18 Å². The highest BCUT2D eigenvalue weighted by atomic mass is 79.9. The van der Waals surface area contributed by atoms with E-state index in [1.165, 1.54) is 0 Å². The van der Waals surface area contributed by atoms with Crippen LogP contribution in [0.1, 0.15) is 33.1 Å². The van der Waals surface area contributed by atoms with E-state index >= 15 is 0 Å². The zero-order chi connectivity index (χ0) is 20.6. The normalized spacial score (nSPS) is 11.7. The summed E-state index contributed by atoms with van der Waals surface area (Å²) >= 11 is 2.85. The molecule has 148 valence electrons. The molecule has 10 heteroatoms. The van der Waals surface area contributed by atoms with Gasteiger partial charge in [0.25, 0.3) is 5.91 Å². The van der Waals surface area contributed by atoms with Crippen molar-refractivity contribution in [3.05, 3.63) is 63.1 Å². The highest BCUT2D eigenvalue weighted by molar-refractivity contribution is 9.10. The lowest BCUT2D eigenvalue weighted by Gasteiger charge is -2.07. The van der Waals surface area contributed by atoms with Crippen molar-refractivity contribution < 1.29 is 18.0 Å². The van der Waals surface area contributed by atoms with Gasteiger partial charge in [-0.3, -0.25) is 9.48 Å². The van der Waals surface area contributed by atoms with Crippen LogP contribution in [0.15, 0.2) is 34.8 Å². The molecule has 0 aliphatic heterocycles. The molecule has 0 spiro atoms. The molecular weight excluding hydrogens is 439 g/mol. The van der Waals surface area contributed by atoms with Crippen molar-refractivity contribution in [2.24, 2.45) is 7.05 Å². The number of hydrogen-bond donors (Lipinski definition) is 1. The number of alkyl halides is 3. The minimum Gasteiger partial charge on any atom is -0.346 e. The third kappa shape index (κ3) is 3.68. The number of carbonyl (C=O) groups excluding carboxylic acids is 1. The summed E-state index contributed by atoms with van der Waals surface area (Å²) in [6, 6.07) is 9.50. The van der Waals surface area contributed by atoms with Crippen LogP contribution < -0.4 is 5.32 Å². The van der Waals surface area contributed by atoms with Crippen molar-refractivity contribution in [1.82, 2.24) is 24.9 Å². The first-order chi connectivity index (χ1) is 13.1. The zero-order valence-corrected chi connectivity index (χ0v) is 16.9. The van der Waals surface area contributed by atoms with Gasteiger partial charge < -0.3 is 5.32 Å². The van der Waals surface area contributed by atoms with Crippen LogP contribution in [0, 0.1) is 13.8 Å². The molecule has 3 aromatic rings. The maximum atomic E-state index is 13.1. The maximum absolute atomic E-state index is 13.1. The number of benzene rings is 1. The fourth-order valence-electron chi connectivity index (χ4n) is 2.95. The van der Waals surface area contributed by atoms with Gasteiger partial charge in [-0.15, -0.1) is 0 Å². The van der Waals surface area contributed by atoms with Gasteiger partial charge in [0, 0.05) is 24.8 Å². The molecule has 1 N–H and O–H groups in total. The molecule has 2 heterocycles. The standard InChI is InChI=1S/C18H17BrF3N5O/c1-10-13(11(2)27(24-10)12-7-5-4-6-8-12)9-23-17(28)15-14(19)16(18(20,21)22)26(3)25-15/h4-8H,9H2,1-3H3,(H,23,28). The summed E-state index contributed by atoms with van der Waals surface area (Å²) in [5, 5.41) is 10.8. The van der Waals surface area contributed by atoms with Gasteiger partial charge in [0.1, 0.15) is 0 Å². The first-order valence-corrected chi connectivity index (χ1v) is 9.09. The Labute approximate surface area is 167 Å². The summed E-state index contributed by atoms with van der Waals surface area (Å²) in [5.41, 5.74) is 1.89. The van der Waals surface area contributed by atoms with Crippen molar-refractivity contribution in [3.8, 4) is 5.69 Å². The third-order valence-electron chi connectivity index (χ3n) is 4.34. The van der Waals surface area contributed by atoms with E-state index in [2.05, 4.69) is 31.4 Å². The Balaban J connectivity index is 1.82. The zero-order valence-electron chi connectivity index (χ0n) is 15.3. The number of halogens is 4. The predicted molar refractivity (Wildman–Crippen MR) is 100 cm³/mol. The van der Waals surface area contributed by atoms with Crippen LogP contribution in [0.2, 0.25) is 0 Å². The molecule has 0 bridgehead atoms. The van der Waals surface area contributed by atoms with Gasteiger partial charge in [-0.2, -0.15) is 23.4 Å². The number of para-hydroxylation sites is 1. The number of nitrogens with zero attached hydrogens (tertiary/aromatic N) is 4. The SMILES string of the molecule is Cc1nn(-c2ccccc2)c(C)c1CNC(=O)c1nn(C)c(C(F)(F)F)c1Br. The Bertz CT molecular complexity index is 1020. The maximum Gasteiger partial charge on any atom is 0.434 e. The van der Waals surface area contributed by atoms with Gasteiger partial charge in [0.05, 0.1) is 15.9 Å². The second-order valence-corrected chi connectivity index (χ2v) is 7.00. The second kappa shape index (κ2) is 7.42. The van der Waals surface area contributed by atoms with Gasteiger partial charge in [0.15, 0.2) is 11.4 Å². The van der Waals surface area contributed by atoms with E-state index in [4.69, 9.17) is 0 Å². The van der Waals surface area contributed by atoms with Gasteiger partial charge in [-0.1, -0.05) is 18.2 Å². The Morgan fingerprint density at radius 2 is 1.82 bits per heavy atom. The molecule has 0 aliphatic rings. The first-order valence-electron chi connectivity index (χ1n) is 8.29. The number of aryl methyl sites for hydroxylation is 2. The third-order valence-corrected chi connectivity index (χ3v) is 5.09. The van der Waals surface area contributed by atoms with Crippen molar-refractivity contribution in [1.29, 1.82) is 0 Å². The molecular formula is C18H17BrF3N5O. The molecule has 6 nitrogen and oxygen atoms in total. The Morgan fingerprint density at radius 1 is 1.18 bits per heavy atom. The molecule has 0 aliphatic carbocycles. The highest BCUT2D eigenvalue weighted by Crippen LogP contribution is 2.36. The van der Waals surface area contributed by atoms with Crippen LogP contribution in [0.3, 0.4) is 0 Å². The number of aromatic nitrogens is 4. The smallest absolute Gasteiger partial charge is 0.346 e. The van der Waals surface area contributed by atoms with Crippen LogP contribution in [-0.4, -0.2) is 25.5 Å². The summed E-state index contributed by atoms with van der Waals surface area (Å²) in [5.74, 6) is -0.704. The molecule has 0 fully saturated rings. The van der Waals surface area contributed by atoms with Crippen LogP contribution in [0.25, 0.3) is 5.69 Å². The second-order valence-electron chi connectivity index (χ2n) is 6.21. The highest BCUT2D eigenvalue weighted by Gasteiger charge is 2.39. The van der Waals surface area contributed by atoms with E-state index in [-0.39, 0.29) is 16.7 Å². The predicted octanol–water partition coefficient (Wildman–Crippen LogP) is 3.93. The fourth-order valence-corrected chi connectivity index (χ4v) is 3.70. The molecule has 1 amide bonds. The molecule has 0 saturated heterocycles. The monoisotopic (exact) mass is 455 g/mol. The lowest BCUT2D eigenvalue weighted by Crippen LogP contribution is -2.24. The molecule has 2 aromatic heterocycles. The average Bonchev–Trinajstić information content (AvgIpc) is 3.09. The average molecular weight is 456 g/mol. The van der Waals surface area contributed by atoms with E-state index in [1.54, 1.807) is 4.68 Å². The molecule has 0 unspecified atom stereocenters. The minimum absolute atomic E-state index is 0.119. The van der Waals surface area contributed by atoms with E-state index in [1.807, 2.05) is 44.2 Å². The topological polar surface area (TPSA) is 64.7 Å². The van der Waals surface area contributed by atoms with Crippen molar-refractivity contribution in [2.45, 2.75) is 26.6 Å². The summed E-state index contributed by atoms with van der Waals surface area (Å²) < 4.78 is 41.2. The number of rotatable bonds is 4. The summed E-state index contributed by atoms with van der Waals surface area (Å²) in [6.45, 7) is 3.80. The van der Waals surface area contributed by atoms with Gasteiger partial charge in [0.2, 0.25) is 0 Å². The van der Waals surface area contributed by atoms with E-state index in [0.29, 0.717) is 4.68 Å². The largest absolute Gasteiger partial charge is 0.434 e. The van der Waals surface area contributed by atoms with Crippen LogP contribution in [0.5, 0.6) is 0 Å². The fraction of sp³-hybridized carbons (Fsp3) is 0.278. The summed E-state index contributed by atoms with van der Waals surface area (Å²) in [4.78, 5) is 12.4. The van der Waals surface area contributed by atoms with E-state index in [9.17, 15) is 18.0 Å². The van der Waals surface area contributed by atoms with Crippen LogP contribution in [-0.2, 0) is 19.8 Å².